The highest BCUT2D eigenvalue weighted by atomic mass is 16.2. The molecule has 0 saturated carbocycles. The van der Waals surface area contributed by atoms with Gasteiger partial charge in [-0.05, 0) is 18.5 Å². The number of likely N-dealkylation sites (N-methyl/N-ethyl adjacent to an activating group) is 1. The molecular formula is C18H30N4O. The summed E-state index contributed by atoms with van der Waals surface area (Å²) in [5.74, 6) is 0.521. The molecule has 0 radical (unpaired) electrons. The van der Waals surface area contributed by atoms with Crippen molar-refractivity contribution in [2.24, 2.45) is 5.92 Å². The van der Waals surface area contributed by atoms with Crippen molar-refractivity contribution in [3.05, 3.63) is 35.9 Å². The molecule has 0 bridgehead atoms. The van der Waals surface area contributed by atoms with Crippen molar-refractivity contribution in [3.8, 4) is 0 Å². The number of benzene rings is 1. The highest BCUT2D eigenvalue weighted by molar-refractivity contribution is 5.73. The predicted octanol–water partition coefficient (Wildman–Crippen LogP) is 1.76. The number of piperazine rings is 1. The van der Waals surface area contributed by atoms with Crippen LogP contribution in [0, 0.1) is 5.92 Å². The van der Waals surface area contributed by atoms with Crippen molar-refractivity contribution in [1.29, 1.82) is 0 Å². The van der Waals surface area contributed by atoms with E-state index in [4.69, 9.17) is 0 Å². The van der Waals surface area contributed by atoms with Gasteiger partial charge in [-0.3, -0.25) is 4.90 Å². The molecule has 1 heterocycles. The van der Waals surface area contributed by atoms with Gasteiger partial charge < -0.3 is 15.5 Å². The first kappa shape index (κ1) is 17.8. The van der Waals surface area contributed by atoms with Crippen LogP contribution in [-0.4, -0.2) is 61.6 Å². The molecule has 2 amide bonds. The number of urea groups is 1. The molecule has 1 saturated heterocycles. The zero-order chi connectivity index (χ0) is 16.7. The standard InChI is InChI=1S/C18H30N4O/c1-15(2)17(22-11-9-21(3)10-12-22)14-20-18(23)19-13-16-7-5-4-6-8-16/h4-8,15,17H,9-14H2,1-3H3,(H2,19,20,23)/t17-/m1/s1. The zero-order valence-corrected chi connectivity index (χ0v) is 14.6. The predicted molar refractivity (Wildman–Crippen MR) is 94.4 cm³/mol. The summed E-state index contributed by atoms with van der Waals surface area (Å²) in [5, 5.41) is 5.96. The molecule has 1 aliphatic rings. The molecule has 1 aliphatic heterocycles. The summed E-state index contributed by atoms with van der Waals surface area (Å²) in [6.45, 7) is 10.1. The Morgan fingerprint density at radius 2 is 1.74 bits per heavy atom. The van der Waals surface area contributed by atoms with Crippen LogP contribution in [0.5, 0.6) is 0 Å². The summed E-state index contributed by atoms with van der Waals surface area (Å²) in [4.78, 5) is 16.9. The lowest BCUT2D eigenvalue weighted by atomic mass is 10.0. The van der Waals surface area contributed by atoms with E-state index in [1.54, 1.807) is 0 Å². The highest BCUT2D eigenvalue weighted by Gasteiger charge is 2.25. The first-order chi connectivity index (χ1) is 11.1. The number of carbonyl (C=O) groups excluding carboxylic acids is 1. The first-order valence-corrected chi connectivity index (χ1v) is 8.54. The van der Waals surface area contributed by atoms with Gasteiger partial charge in [-0.25, -0.2) is 4.79 Å². The van der Waals surface area contributed by atoms with E-state index in [0.29, 0.717) is 25.0 Å². The topological polar surface area (TPSA) is 47.6 Å². The Morgan fingerprint density at radius 3 is 2.35 bits per heavy atom. The number of nitrogens with zero attached hydrogens (tertiary/aromatic N) is 2. The van der Waals surface area contributed by atoms with Crippen molar-refractivity contribution < 1.29 is 4.79 Å². The number of rotatable bonds is 6. The van der Waals surface area contributed by atoms with Gasteiger partial charge in [0, 0.05) is 45.3 Å². The molecule has 5 heteroatoms. The summed E-state index contributed by atoms with van der Waals surface area (Å²) in [7, 11) is 2.16. The number of hydrogen-bond acceptors (Lipinski definition) is 3. The third-order valence-electron chi connectivity index (χ3n) is 4.54. The van der Waals surface area contributed by atoms with Crippen molar-refractivity contribution in [1.82, 2.24) is 20.4 Å². The Bertz CT molecular complexity index is 469. The summed E-state index contributed by atoms with van der Waals surface area (Å²) in [6, 6.07) is 10.3. The normalized spacial score (nSPS) is 17.9. The molecule has 1 atom stereocenters. The third kappa shape index (κ3) is 5.84. The average Bonchev–Trinajstić information content (AvgIpc) is 2.55. The van der Waals surface area contributed by atoms with Crippen LogP contribution in [0.1, 0.15) is 19.4 Å². The smallest absolute Gasteiger partial charge is 0.315 e. The van der Waals surface area contributed by atoms with Crippen molar-refractivity contribution in [3.63, 3.8) is 0 Å². The van der Waals surface area contributed by atoms with Crippen LogP contribution in [0.3, 0.4) is 0 Å². The molecule has 2 rings (SSSR count). The van der Waals surface area contributed by atoms with Crippen LogP contribution in [0.15, 0.2) is 30.3 Å². The summed E-state index contributed by atoms with van der Waals surface area (Å²) >= 11 is 0. The molecular weight excluding hydrogens is 288 g/mol. The minimum absolute atomic E-state index is 0.0892. The molecule has 0 aliphatic carbocycles. The van der Waals surface area contributed by atoms with Crippen LogP contribution in [0.2, 0.25) is 0 Å². The fraction of sp³-hybridized carbons (Fsp3) is 0.611. The van der Waals surface area contributed by atoms with E-state index in [1.165, 1.54) is 0 Å². The van der Waals surface area contributed by atoms with Gasteiger partial charge in [-0.2, -0.15) is 0 Å². The minimum atomic E-state index is -0.0892. The second-order valence-corrected chi connectivity index (χ2v) is 6.70. The molecule has 1 fully saturated rings. The SMILES string of the molecule is CC(C)[C@@H](CNC(=O)NCc1ccccc1)N1CCN(C)CC1. The molecule has 128 valence electrons. The van der Waals surface area contributed by atoms with Gasteiger partial charge in [0.2, 0.25) is 0 Å². The minimum Gasteiger partial charge on any atom is -0.337 e. The van der Waals surface area contributed by atoms with Gasteiger partial charge in [0.1, 0.15) is 0 Å². The van der Waals surface area contributed by atoms with Gasteiger partial charge >= 0.3 is 6.03 Å². The number of nitrogens with one attached hydrogen (secondary N) is 2. The lowest BCUT2D eigenvalue weighted by Gasteiger charge is -2.39. The molecule has 0 aromatic heterocycles. The Labute approximate surface area is 140 Å². The fourth-order valence-corrected chi connectivity index (χ4v) is 2.98. The molecule has 5 nitrogen and oxygen atoms in total. The Balaban J connectivity index is 1.76. The van der Waals surface area contributed by atoms with Gasteiger partial charge in [-0.1, -0.05) is 44.2 Å². The van der Waals surface area contributed by atoms with Gasteiger partial charge in [0.15, 0.2) is 0 Å². The molecule has 1 aromatic carbocycles. The lowest BCUT2D eigenvalue weighted by molar-refractivity contribution is 0.0887. The zero-order valence-electron chi connectivity index (χ0n) is 14.6. The first-order valence-electron chi connectivity index (χ1n) is 8.54. The number of hydrogen-bond donors (Lipinski definition) is 2. The summed E-state index contributed by atoms with van der Waals surface area (Å²) in [5.41, 5.74) is 1.11. The highest BCUT2D eigenvalue weighted by Crippen LogP contribution is 2.12. The molecule has 0 unspecified atom stereocenters. The maximum absolute atomic E-state index is 12.0. The fourth-order valence-electron chi connectivity index (χ4n) is 2.98. The van der Waals surface area contributed by atoms with Gasteiger partial charge in [-0.15, -0.1) is 0 Å². The molecule has 2 N–H and O–H groups in total. The van der Waals surface area contributed by atoms with E-state index in [9.17, 15) is 4.79 Å². The number of carbonyl (C=O) groups is 1. The van der Waals surface area contributed by atoms with E-state index in [1.807, 2.05) is 30.3 Å². The van der Waals surface area contributed by atoms with Crippen LogP contribution in [-0.2, 0) is 6.54 Å². The van der Waals surface area contributed by atoms with Gasteiger partial charge in [0.05, 0.1) is 0 Å². The molecule has 23 heavy (non-hydrogen) atoms. The maximum Gasteiger partial charge on any atom is 0.315 e. The van der Waals surface area contributed by atoms with E-state index >= 15 is 0 Å². The summed E-state index contributed by atoms with van der Waals surface area (Å²) < 4.78 is 0. The van der Waals surface area contributed by atoms with Crippen LogP contribution >= 0.6 is 0 Å². The van der Waals surface area contributed by atoms with E-state index < -0.39 is 0 Å². The number of amides is 2. The van der Waals surface area contributed by atoms with Crippen LogP contribution < -0.4 is 10.6 Å². The van der Waals surface area contributed by atoms with Crippen LogP contribution in [0.4, 0.5) is 4.79 Å². The monoisotopic (exact) mass is 318 g/mol. The Kier molecular flexibility index (Phi) is 6.86. The quantitative estimate of drug-likeness (QED) is 0.840. The van der Waals surface area contributed by atoms with E-state index in [-0.39, 0.29) is 6.03 Å². The second-order valence-electron chi connectivity index (χ2n) is 6.70. The summed E-state index contributed by atoms with van der Waals surface area (Å²) in [6.07, 6.45) is 0. The average molecular weight is 318 g/mol. The molecule has 0 spiro atoms. The van der Waals surface area contributed by atoms with E-state index in [0.717, 1.165) is 31.7 Å². The lowest BCUT2D eigenvalue weighted by Crippen LogP contribution is -2.54. The Hall–Kier alpha value is -1.59. The Morgan fingerprint density at radius 1 is 1.09 bits per heavy atom. The third-order valence-corrected chi connectivity index (χ3v) is 4.54. The molecule has 1 aromatic rings. The maximum atomic E-state index is 12.0. The van der Waals surface area contributed by atoms with Crippen molar-refractivity contribution in [2.75, 3.05) is 39.8 Å². The largest absolute Gasteiger partial charge is 0.337 e. The second kappa shape index (κ2) is 8.89. The van der Waals surface area contributed by atoms with Crippen molar-refractivity contribution >= 4 is 6.03 Å². The van der Waals surface area contributed by atoms with Crippen molar-refractivity contribution in [2.45, 2.75) is 26.4 Å². The van der Waals surface area contributed by atoms with Crippen LogP contribution in [0.25, 0.3) is 0 Å². The van der Waals surface area contributed by atoms with Gasteiger partial charge in [0.25, 0.3) is 0 Å². The van der Waals surface area contributed by atoms with E-state index in [2.05, 4.69) is 41.3 Å².